The summed E-state index contributed by atoms with van der Waals surface area (Å²) in [6, 6.07) is 1.81. The molecule has 0 spiro atoms. The standard InChI is InChI=1S/C6H22N2O4Si3/c1-9-15(10-2,11-13-5-3-7)12-14-6-4-8/h3-8,13-14H2,1-2H3. The van der Waals surface area contributed by atoms with Crippen molar-refractivity contribution in [3.05, 3.63) is 0 Å². The minimum Gasteiger partial charge on any atom is -0.400 e. The van der Waals surface area contributed by atoms with Crippen LogP contribution in [0.4, 0.5) is 0 Å². The summed E-state index contributed by atoms with van der Waals surface area (Å²) in [7, 11) is -1.08. The lowest BCUT2D eigenvalue weighted by molar-refractivity contribution is 0.0861. The van der Waals surface area contributed by atoms with Gasteiger partial charge in [0.05, 0.1) is 0 Å². The van der Waals surface area contributed by atoms with Gasteiger partial charge in [-0.1, -0.05) is 0 Å². The van der Waals surface area contributed by atoms with Crippen LogP contribution in [-0.2, 0) is 17.1 Å². The van der Waals surface area contributed by atoms with Crippen LogP contribution in [0.15, 0.2) is 0 Å². The molecule has 0 aromatic rings. The van der Waals surface area contributed by atoms with Crippen molar-refractivity contribution in [2.45, 2.75) is 12.1 Å². The van der Waals surface area contributed by atoms with Gasteiger partial charge in [0.15, 0.2) is 19.5 Å². The zero-order valence-corrected chi connectivity index (χ0v) is 13.4. The molecule has 4 N–H and O–H groups in total. The first-order chi connectivity index (χ1) is 7.24. The molecule has 0 saturated heterocycles. The van der Waals surface area contributed by atoms with Crippen LogP contribution in [0.1, 0.15) is 0 Å². The lowest BCUT2D eigenvalue weighted by Crippen LogP contribution is -2.49. The summed E-state index contributed by atoms with van der Waals surface area (Å²) < 4.78 is 21.8. The molecule has 0 aliphatic heterocycles. The second-order valence-electron chi connectivity index (χ2n) is 2.89. The monoisotopic (exact) mass is 270 g/mol. The molecule has 0 fully saturated rings. The highest BCUT2D eigenvalue weighted by Crippen LogP contribution is 2.08. The molecule has 15 heavy (non-hydrogen) atoms. The molecule has 0 bridgehead atoms. The highest BCUT2D eigenvalue weighted by Gasteiger charge is 2.41. The van der Waals surface area contributed by atoms with Crippen molar-refractivity contribution in [2.75, 3.05) is 27.3 Å². The summed E-state index contributed by atoms with van der Waals surface area (Å²) in [5.41, 5.74) is 10.8. The highest BCUT2D eigenvalue weighted by molar-refractivity contribution is 6.64. The average molecular weight is 271 g/mol. The van der Waals surface area contributed by atoms with E-state index < -0.39 is 28.6 Å². The van der Waals surface area contributed by atoms with Gasteiger partial charge in [-0.05, 0) is 25.2 Å². The van der Waals surface area contributed by atoms with Crippen LogP contribution in [-0.4, -0.2) is 55.9 Å². The number of hydrogen-bond acceptors (Lipinski definition) is 6. The molecule has 9 heteroatoms. The van der Waals surface area contributed by atoms with Crippen molar-refractivity contribution in [3.63, 3.8) is 0 Å². The quantitative estimate of drug-likeness (QED) is 0.342. The van der Waals surface area contributed by atoms with Crippen molar-refractivity contribution < 1.29 is 17.1 Å². The molecule has 0 aliphatic rings. The third kappa shape index (κ3) is 6.55. The topological polar surface area (TPSA) is 89.0 Å². The molecule has 0 rings (SSSR count). The van der Waals surface area contributed by atoms with Gasteiger partial charge in [0, 0.05) is 14.2 Å². The first-order valence-corrected chi connectivity index (χ1v) is 9.81. The van der Waals surface area contributed by atoms with Crippen molar-refractivity contribution in [1.29, 1.82) is 0 Å². The molecule has 0 radical (unpaired) electrons. The van der Waals surface area contributed by atoms with Crippen LogP contribution < -0.4 is 11.5 Å². The van der Waals surface area contributed by atoms with Crippen LogP contribution in [0, 0.1) is 0 Å². The van der Waals surface area contributed by atoms with Gasteiger partial charge in [-0.3, -0.25) is 0 Å². The highest BCUT2D eigenvalue weighted by atomic mass is 28.5. The van der Waals surface area contributed by atoms with E-state index in [0.29, 0.717) is 13.1 Å². The maximum atomic E-state index is 5.64. The fourth-order valence-corrected chi connectivity index (χ4v) is 7.55. The first kappa shape index (κ1) is 15.4. The van der Waals surface area contributed by atoms with Crippen molar-refractivity contribution in [2.24, 2.45) is 11.5 Å². The van der Waals surface area contributed by atoms with E-state index in [1.54, 1.807) is 14.2 Å². The molecule has 0 amide bonds. The van der Waals surface area contributed by atoms with E-state index in [1.165, 1.54) is 0 Å². The van der Waals surface area contributed by atoms with Crippen LogP contribution >= 0.6 is 0 Å². The van der Waals surface area contributed by atoms with Gasteiger partial charge < -0.3 is 28.5 Å². The van der Waals surface area contributed by atoms with E-state index in [1.807, 2.05) is 0 Å². The minimum absolute atomic E-state index is 0.643. The predicted octanol–water partition coefficient (Wildman–Crippen LogP) is -2.33. The van der Waals surface area contributed by atoms with Gasteiger partial charge in [0.1, 0.15) is 0 Å². The van der Waals surface area contributed by atoms with Gasteiger partial charge in [-0.15, -0.1) is 0 Å². The van der Waals surface area contributed by atoms with E-state index in [0.717, 1.165) is 12.1 Å². The Labute approximate surface area is 97.0 Å². The number of rotatable bonds is 10. The maximum Gasteiger partial charge on any atom is 0.657 e. The third-order valence-electron chi connectivity index (χ3n) is 1.75. The van der Waals surface area contributed by atoms with E-state index in [2.05, 4.69) is 0 Å². The number of nitrogens with two attached hydrogens (primary N) is 2. The summed E-state index contributed by atoms with van der Waals surface area (Å²) in [5.74, 6) is 0. The summed E-state index contributed by atoms with van der Waals surface area (Å²) in [5, 5.41) is 0. The Kier molecular flexibility index (Phi) is 9.89. The average Bonchev–Trinajstić information content (AvgIpc) is 2.28. The fraction of sp³-hybridized carbons (Fsp3) is 1.00. The Balaban J connectivity index is 3.93. The van der Waals surface area contributed by atoms with Gasteiger partial charge >= 0.3 is 9.05 Å². The molecule has 0 heterocycles. The molecule has 92 valence electrons. The summed E-state index contributed by atoms with van der Waals surface area (Å²) in [6.07, 6.45) is 0. The molecule has 0 unspecified atom stereocenters. The second-order valence-corrected chi connectivity index (χ2v) is 9.25. The number of hydrogen-bond donors (Lipinski definition) is 2. The Morgan fingerprint density at radius 1 is 0.933 bits per heavy atom. The summed E-state index contributed by atoms with van der Waals surface area (Å²) >= 11 is 0. The summed E-state index contributed by atoms with van der Waals surface area (Å²) in [6.45, 7) is 1.29. The first-order valence-electron chi connectivity index (χ1n) is 5.03. The molecule has 0 aliphatic carbocycles. The summed E-state index contributed by atoms with van der Waals surface area (Å²) in [4.78, 5) is 0. The molecule has 0 saturated carbocycles. The zero-order valence-electron chi connectivity index (χ0n) is 9.53. The fourth-order valence-electron chi connectivity index (χ4n) is 0.922. The maximum absolute atomic E-state index is 5.64. The van der Waals surface area contributed by atoms with Crippen LogP contribution in [0.5, 0.6) is 0 Å². The molecule has 0 aromatic carbocycles. The van der Waals surface area contributed by atoms with Gasteiger partial charge in [-0.2, -0.15) is 0 Å². The zero-order chi connectivity index (χ0) is 11.6. The lowest BCUT2D eigenvalue weighted by Gasteiger charge is -2.25. The van der Waals surface area contributed by atoms with E-state index in [4.69, 9.17) is 28.5 Å². The molecular formula is C6H22N2O4Si3. The van der Waals surface area contributed by atoms with Crippen molar-refractivity contribution in [3.8, 4) is 0 Å². The molecule has 6 nitrogen and oxygen atoms in total. The van der Waals surface area contributed by atoms with Gasteiger partial charge in [0.25, 0.3) is 0 Å². The second kappa shape index (κ2) is 9.62. The van der Waals surface area contributed by atoms with E-state index >= 15 is 0 Å². The van der Waals surface area contributed by atoms with E-state index in [-0.39, 0.29) is 0 Å². The van der Waals surface area contributed by atoms with Crippen molar-refractivity contribution >= 4 is 28.6 Å². The van der Waals surface area contributed by atoms with Gasteiger partial charge in [-0.25, -0.2) is 0 Å². The molecule has 0 atom stereocenters. The molecule has 0 aromatic heterocycles. The largest absolute Gasteiger partial charge is 0.657 e. The normalized spacial score (nSPS) is 13.6. The molecular weight excluding hydrogens is 248 g/mol. The van der Waals surface area contributed by atoms with E-state index in [9.17, 15) is 0 Å². The predicted molar refractivity (Wildman–Crippen MR) is 66.8 cm³/mol. The Bertz CT molecular complexity index is 138. The SMILES string of the molecule is CO[Si](OC)(O[SiH2]CCN)O[SiH2]CCN. The van der Waals surface area contributed by atoms with Crippen molar-refractivity contribution in [1.82, 2.24) is 0 Å². The Morgan fingerprint density at radius 2 is 1.33 bits per heavy atom. The third-order valence-corrected chi connectivity index (χ3v) is 8.61. The van der Waals surface area contributed by atoms with Crippen LogP contribution in [0.3, 0.4) is 0 Å². The Morgan fingerprint density at radius 3 is 1.60 bits per heavy atom. The van der Waals surface area contributed by atoms with Crippen LogP contribution in [0.2, 0.25) is 12.1 Å². The lowest BCUT2D eigenvalue weighted by atomic mass is 10.8. The Hall–Kier alpha value is 0.411. The van der Waals surface area contributed by atoms with Crippen LogP contribution in [0.25, 0.3) is 0 Å². The minimum atomic E-state index is -2.81. The smallest absolute Gasteiger partial charge is 0.400 e. The van der Waals surface area contributed by atoms with Gasteiger partial charge in [0.2, 0.25) is 0 Å².